The lowest BCUT2D eigenvalue weighted by Crippen LogP contribution is -2.66. The Labute approximate surface area is 208 Å². The van der Waals surface area contributed by atoms with Gasteiger partial charge in [0.25, 0.3) is 0 Å². The summed E-state index contributed by atoms with van der Waals surface area (Å²) in [4.78, 5) is 10.7. The predicted octanol–water partition coefficient (Wildman–Crippen LogP) is 4.22. The zero-order valence-electron chi connectivity index (χ0n) is 18.9. The van der Waals surface area contributed by atoms with Crippen LogP contribution in [-0.4, -0.2) is 48.4 Å². The zero-order valence-corrected chi connectivity index (χ0v) is 20.4. The van der Waals surface area contributed by atoms with Gasteiger partial charge in [0.15, 0.2) is 0 Å². The summed E-state index contributed by atoms with van der Waals surface area (Å²) in [6, 6.07) is 4.83. The fourth-order valence-electron chi connectivity index (χ4n) is 5.92. The number of ether oxygens (including phenoxy) is 2. The molecule has 1 spiro atoms. The van der Waals surface area contributed by atoms with Crippen LogP contribution in [-0.2, 0) is 9.47 Å². The molecule has 0 bridgehead atoms. The fourth-order valence-corrected chi connectivity index (χ4v) is 6.57. The van der Waals surface area contributed by atoms with Gasteiger partial charge in [0.1, 0.15) is 10.8 Å². The maximum Gasteiger partial charge on any atom is 0.232 e. The molecule has 3 saturated heterocycles. The third-order valence-electron chi connectivity index (χ3n) is 7.80. The molecule has 2 N–H and O–H groups in total. The molecule has 5 heterocycles. The number of aromatic nitrogens is 2. The third-order valence-corrected chi connectivity index (χ3v) is 8.46. The van der Waals surface area contributed by atoms with Crippen LogP contribution < -0.4 is 15.8 Å². The average Bonchev–Trinajstić information content (AvgIpc) is 3.18. The molecule has 0 aromatic carbocycles. The van der Waals surface area contributed by atoms with Gasteiger partial charge < -0.3 is 14.4 Å². The Morgan fingerprint density at radius 1 is 1.18 bits per heavy atom. The number of hydrazine groups is 1. The number of hydrogen-bond donors (Lipinski definition) is 2. The van der Waals surface area contributed by atoms with Crippen molar-refractivity contribution in [3.63, 3.8) is 0 Å². The minimum atomic E-state index is -0.727. The van der Waals surface area contributed by atoms with E-state index >= 15 is 0 Å². The molecule has 2 aromatic rings. The summed E-state index contributed by atoms with van der Waals surface area (Å²) in [6.45, 7) is 5.66. The Morgan fingerprint density at radius 2 is 2.00 bits per heavy atom. The van der Waals surface area contributed by atoms with Gasteiger partial charge in [-0.2, -0.15) is 4.39 Å². The summed E-state index contributed by atoms with van der Waals surface area (Å²) in [5, 5.41) is 0.249. The summed E-state index contributed by atoms with van der Waals surface area (Å²) < 4.78 is 25.6. The maximum absolute atomic E-state index is 13.9. The van der Waals surface area contributed by atoms with E-state index in [9.17, 15) is 4.39 Å². The van der Waals surface area contributed by atoms with E-state index in [2.05, 4.69) is 32.9 Å². The van der Waals surface area contributed by atoms with E-state index in [1.165, 1.54) is 11.8 Å². The molecule has 6 rings (SSSR count). The second kappa shape index (κ2) is 8.84. The molecule has 1 saturated carbocycles. The van der Waals surface area contributed by atoms with Crippen LogP contribution in [0.3, 0.4) is 0 Å². The van der Waals surface area contributed by atoms with Crippen LogP contribution in [0.1, 0.15) is 49.5 Å². The van der Waals surface area contributed by atoms with Crippen molar-refractivity contribution >= 4 is 29.0 Å². The number of hydrogen-bond acceptors (Lipinski definition) is 7. The zero-order chi connectivity index (χ0) is 23.4. The van der Waals surface area contributed by atoms with Gasteiger partial charge in [-0.1, -0.05) is 29.3 Å². The smallest absolute Gasteiger partial charge is 0.232 e. The normalized spacial score (nSPS) is 30.5. The maximum atomic E-state index is 13.9. The second-order valence-electron chi connectivity index (χ2n) is 10.2. The van der Waals surface area contributed by atoms with Gasteiger partial charge in [-0.25, -0.2) is 15.4 Å². The van der Waals surface area contributed by atoms with Crippen LogP contribution in [0.5, 0.6) is 0 Å². The van der Waals surface area contributed by atoms with Crippen LogP contribution in [0.25, 0.3) is 0 Å². The first-order valence-electron chi connectivity index (χ1n) is 11.9. The Hall–Kier alpha value is -1.55. The Bertz CT molecular complexity index is 1060. The SMILES string of the molecule is C[C@@H](OC1CCC2NNC(c3ccc(N4CC5(COC5)C4)nc3)C2C1)c1c(Cl)cnc(F)c1Cl. The van der Waals surface area contributed by atoms with E-state index in [0.29, 0.717) is 28.0 Å². The summed E-state index contributed by atoms with van der Waals surface area (Å²) >= 11 is 12.4. The Morgan fingerprint density at radius 3 is 2.71 bits per heavy atom. The Balaban J connectivity index is 1.11. The van der Waals surface area contributed by atoms with Crippen LogP contribution in [0, 0.1) is 17.3 Å². The molecule has 3 aliphatic heterocycles. The molecule has 4 fully saturated rings. The van der Waals surface area contributed by atoms with Gasteiger partial charge in [-0.15, -0.1) is 0 Å². The van der Waals surface area contributed by atoms with Crippen molar-refractivity contribution in [3.8, 4) is 0 Å². The van der Waals surface area contributed by atoms with Gasteiger partial charge in [0.2, 0.25) is 5.95 Å². The van der Waals surface area contributed by atoms with E-state index in [0.717, 1.165) is 51.4 Å². The van der Waals surface area contributed by atoms with E-state index in [1.807, 2.05) is 13.1 Å². The summed E-state index contributed by atoms with van der Waals surface area (Å²) in [6.07, 6.45) is 5.64. The first kappa shape index (κ1) is 22.9. The predicted molar refractivity (Wildman–Crippen MR) is 127 cm³/mol. The summed E-state index contributed by atoms with van der Waals surface area (Å²) in [5.74, 6) is 0.661. The first-order valence-corrected chi connectivity index (χ1v) is 12.6. The van der Waals surface area contributed by atoms with E-state index in [1.54, 1.807) is 0 Å². The highest BCUT2D eigenvalue weighted by atomic mass is 35.5. The number of halogens is 3. The fraction of sp³-hybridized carbons (Fsp3) is 0.583. The number of pyridine rings is 2. The van der Waals surface area contributed by atoms with Crippen molar-refractivity contribution in [2.75, 3.05) is 31.2 Å². The van der Waals surface area contributed by atoms with Crippen LogP contribution in [0.4, 0.5) is 10.2 Å². The molecule has 0 amide bonds. The topological polar surface area (TPSA) is 71.5 Å². The number of nitrogens with zero attached hydrogens (tertiary/aromatic N) is 3. The second-order valence-corrected chi connectivity index (χ2v) is 11.0. The third kappa shape index (κ3) is 3.98. The summed E-state index contributed by atoms with van der Waals surface area (Å²) in [5.41, 5.74) is 8.94. The quantitative estimate of drug-likeness (QED) is 0.586. The van der Waals surface area contributed by atoms with Crippen LogP contribution in [0.2, 0.25) is 10.0 Å². The highest BCUT2D eigenvalue weighted by Gasteiger charge is 2.49. The lowest BCUT2D eigenvalue weighted by atomic mass is 9.78. The van der Waals surface area contributed by atoms with Gasteiger partial charge in [0.05, 0.1) is 41.9 Å². The van der Waals surface area contributed by atoms with Crippen molar-refractivity contribution in [2.24, 2.45) is 11.3 Å². The molecule has 1 aliphatic carbocycles. The van der Waals surface area contributed by atoms with E-state index in [4.69, 9.17) is 37.7 Å². The molecule has 5 atom stereocenters. The molecule has 2 aromatic heterocycles. The lowest BCUT2D eigenvalue weighted by molar-refractivity contribution is -0.127. The molecule has 4 aliphatic rings. The molecular formula is C24H28Cl2FN5O2. The lowest BCUT2D eigenvalue weighted by Gasteiger charge is -2.55. The van der Waals surface area contributed by atoms with Gasteiger partial charge in [-0.3, -0.25) is 5.43 Å². The van der Waals surface area contributed by atoms with Crippen LogP contribution >= 0.6 is 23.2 Å². The van der Waals surface area contributed by atoms with Crippen LogP contribution in [0.15, 0.2) is 24.5 Å². The monoisotopic (exact) mass is 507 g/mol. The minimum absolute atomic E-state index is 0.0259. The molecule has 4 unspecified atom stereocenters. The van der Waals surface area contributed by atoms with Crippen molar-refractivity contribution in [3.05, 3.63) is 51.6 Å². The van der Waals surface area contributed by atoms with Gasteiger partial charge >= 0.3 is 0 Å². The van der Waals surface area contributed by atoms with Crippen molar-refractivity contribution in [1.82, 2.24) is 20.8 Å². The molecular weight excluding hydrogens is 480 g/mol. The molecule has 10 heteroatoms. The van der Waals surface area contributed by atoms with Gasteiger partial charge in [0, 0.05) is 37.1 Å². The number of anilines is 1. The van der Waals surface area contributed by atoms with Crippen molar-refractivity contribution in [1.29, 1.82) is 0 Å². The standard InChI is InChI=1S/C24H28Cl2FN5O2/c1-13(20-17(25)8-29-23(27)21(20)26)34-15-3-4-18-16(6-15)22(31-30-18)14-2-5-19(28-7-14)32-9-24(10-32)11-33-12-24/h2,5,7-8,13,15-16,18,22,30-31H,3-4,6,9-12H2,1H3/t13-,15?,16?,18?,22?/m1/s1. The molecule has 34 heavy (non-hydrogen) atoms. The van der Waals surface area contributed by atoms with Gasteiger partial charge in [-0.05, 0) is 43.7 Å². The molecule has 0 radical (unpaired) electrons. The van der Waals surface area contributed by atoms with E-state index < -0.39 is 12.1 Å². The van der Waals surface area contributed by atoms with Crippen molar-refractivity contribution in [2.45, 2.75) is 50.5 Å². The van der Waals surface area contributed by atoms with Crippen molar-refractivity contribution < 1.29 is 13.9 Å². The summed E-state index contributed by atoms with van der Waals surface area (Å²) in [7, 11) is 0. The molecule has 7 nitrogen and oxygen atoms in total. The molecule has 182 valence electrons. The number of fused-ring (bicyclic) bond motifs is 1. The first-order chi connectivity index (χ1) is 16.4. The highest BCUT2D eigenvalue weighted by Crippen LogP contribution is 2.43. The van der Waals surface area contributed by atoms with E-state index in [-0.39, 0.29) is 17.2 Å². The largest absolute Gasteiger partial charge is 0.380 e. The minimum Gasteiger partial charge on any atom is -0.380 e. The average molecular weight is 508 g/mol. The Kier molecular flexibility index (Phi) is 5.95. The highest BCUT2D eigenvalue weighted by molar-refractivity contribution is 6.35. The number of nitrogens with one attached hydrogen (secondary N) is 2. The number of rotatable bonds is 5.